The number of nitrogens with two attached hydrogens (primary N) is 1. The second-order valence-electron chi connectivity index (χ2n) is 5.28. The van der Waals surface area contributed by atoms with Crippen molar-refractivity contribution in [3.8, 4) is 0 Å². The molecular formula is C16H25NO. The van der Waals surface area contributed by atoms with Gasteiger partial charge < -0.3 is 10.5 Å². The SMILES string of the molecule is NCC1CCCCC1OCCCc1ccccc1. The average molecular weight is 247 g/mol. The zero-order valence-corrected chi connectivity index (χ0v) is 11.2. The summed E-state index contributed by atoms with van der Waals surface area (Å²) in [6.07, 6.45) is 7.72. The first-order chi connectivity index (χ1) is 8.90. The van der Waals surface area contributed by atoms with E-state index < -0.39 is 0 Å². The van der Waals surface area contributed by atoms with Gasteiger partial charge in [-0.15, -0.1) is 0 Å². The third kappa shape index (κ3) is 4.11. The van der Waals surface area contributed by atoms with Crippen molar-refractivity contribution in [2.45, 2.75) is 44.6 Å². The van der Waals surface area contributed by atoms with Crippen molar-refractivity contribution in [1.82, 2.24) is 0 Å². The molecule has 0 radical (unpaired) electrons. The first kappa shape index (κ1) is 13.6. The Hall–Kier alpha value is -0.860. The van der Waals surface area contributed by atoms with Gasteiger partial charge >= 0.3 is 0 Å². The Morgan fingerprint density at radius 2 is 1.89 bits per heavy atom. The highest BCUT2D eigenvalue weighted by Crippen LogP contribution is 2.26. The second-order valence-corrected chi connectivity index (χ2v) is 5.28. The zero-order chi connectivity index (χ0) is 12.6. The van der Waals surface area contributed by atoms with Crippen molar-refractivity contribution in [2.24, 2.45) is 11.7 Å². The monoisotopic (exact) mass is 247 g/mol. The molecule has 2 rings (SSSR count). The van der Waals surface area contributed by atoms with Crippen LogP contribution in [0.2, 0.25) is 0 Å². The van der Waals surface area contributed by atoms with Crippen LogP contribution in [-0.2, 0) is 11.2 Å². The number of rotatable bonds is 6. The van der Waals surface area contributed by atoms with Crippen molar-refractivity contribution >= 4 is 0 Å². The van der Waals surface area contributed by atoms with E-state index >= 15 is 0 Å². The highest BCUT2D eigenvalue weighted by molar-refractivity contribution is 5.14. The minimum Gasteiger partial charge on any atom is -0.378 e. The Morgan fingerprint density at radius 3 is 2.67 bits per heavy atom. The van der Waals surface area contributed by atoms with Gasteiger partial charge in [0.2, 0.25) is 0 Å². The summed E-state index contributed by atoms with van der Waals surface area (Å²) in [6, 6.07) is 10.6. The summed E-state index contributed by atoms with van der Waals surface area (Å²) in [5, 5.41) is 0. The van der Waals surface area contributed by atoms with Crippen LogP contribution in [0, 0.1) is 5.92 Å². The van der Waals surface area contributed by atoms with Crippen molar-refractivity contribution in [3.63, 3.8) is 0 Å². The summed E-state index contributed by atoms with van der Waals surface area (Å²) in [5.74, 6) is 0.593. The standard InChI is InChI=1S/C16H25NO/c17-13-15-10-4-5-11-16(15)18-12-6-9-14-7-2-1-3-8-14/h1-3,7-8,15-16H,4-6,9-13,17H2. The molecule has 0 spiro atoms. The molecule has 1 aromatic rings. The smallest absolute Gasteiger partial charge is 0.0615 e. The summed E-state index contributed by atoms with van der Waals surface area (Å²) < 4.78 is 6.03. The molecule has 2 atom stereocenters. The van der Waals surface area contributed by atoms with Crippen molar-refractivity contribution < 1.29 is 4.74 Å². The van der Waals surface area contributed by atoms with Gasteiger partial charge in [-0.2, -0.15) is 0 Å². The Kier molecular flexibility index (Phi) is 5.69. The Labute approximate surface area is 111 Å². The summed E-state index contributed by atoms with van der Waals surface area (Å²) in [5.41, 5.74) is 7.21. The second kappa shape index (κ2) is 7.55. The minimum absolute atomic E-state index is 0.416. The number of hydrogen-bond acceptors (Lipinski definition) is 2. The van der Waals surface area contributed by atoms with Gasteiger partial charge in [0.25, 0.3) is 0 Å². The fourth-order valence-corrected chi connectivity index (χ4v) is 2.82. The van der Waals surface area contributed by atoms with Crippen LogP contribution in [0.15, 0.2) is 30.3 Å². The molecule has 2 nitrogen and oxygen atoms in total. The van der Waals surface area contributed by atoms with E-state index in [0.29, 0.717) is 12.0 Å². The lowest BCUT2D eigenvalue weighted by Gasteiger charge is -2.30. The molecule has 2 N–H and O–H groups in total. The normalized spacial score (nSPS) is 24.1. The molecule has 100 valence electrons. The Bertz CT molecular complexity index is 325. The molecule has 0 bridgehead atoms. The van der Waals surface area contributed by atoms with Crippen LogP contribution in [-0.4, -0.2) is 19.3 Å². The van der Waals surface area contributed by atoms with Crippen molar-refractivity contribution in [1.29, 1.82) is 0 Å². The predicted octanol–water partition coefficient (Wildman–Crippen LogP) is 3.15. The quantitative estimate of drug-likeness (QED) is 0.784. The third-order valence-corrected chi connectivity index (χ3v) is 3.93. The molecule has 0 saturated heterocycles. The number of aryl methyl sites for hydroxylation is 1. The summed E-state index contributed by atoms with van der Waals surface area (Å²) in [6.45, 7) is 1.65. The van der Waals surface area contributed by atoms with E-state index in [4.69, 9.17) is 10.5 Å². The van der Waals surface area contributed by atoms with Crippen LogP contribution in [0.3, 0.4) is 0 Å². The summed E-state index contributed by atoms with van der Waals surface area (Å²) in [4.78, 5) is 0. The molecule has 18 heavy (non-hydrogen) atoms. The van der Waals surface area contributed by atoms with Crippen LogP contribution in [0.1, 0.15) is 37.7 Å². The number of ether oxygens (including phenoxy) is 1. The van der Waals surface area contributed by atoms with Gasteiger partial charge in [-0.1, -0.05) is 43.2 Å². The van der Waals surface area contributed by atoms with Crippen LogP contribution in [0.4, 0.5) is 0 Å². The van der Waals surface area contributed by atoms with Crippen molar-refractivity contribution in [3.05, 3.63) is 35.9 Å². The zero-order valence-electron chi connectivity index (χ0n) is 11.2. The van der Waals surface area contributed by atoms with E-state index in [1.165, 1.54) is 31.2 Å². The molecule has 0 amide bonds. The predicted molar refractivity (Wildman–Crippen MR) is 75.5 cm³/mol. The van der Waals surface area contributed by atoms with Crippen molar-refractivity contribution in [2.75, 3.05) is 13.2 Å². The first-order valence-electron chi connectivity index (χ1n) is 7.25. The van der Waals surface area contributed by atoms with E-state index in [9.17, 15) is 0 Å². The lowest BCUT2D eigenvalue weighted by molar-refractivity contribution is -0.00873. The molecule has 0 aromatic heterocycles. The van der Waals surface area contributed by atoms with Crippen LogP contribution < -0.4 is 5.73 Å². The first-order valence-corrected chi connectivity index (χ1v) is 7.25. The fourth-order valence-electron chi connectivity index (χ4n) is 2.82. The molecule has 1 aliphatic rings. The summed E-state index contributed by atoms with van der Waals surface area (Å²) >= 11 is 0. The van der Waals surface area contributed by atoms with Gasteiger partial charge in [0, 0.05) is 6.61 Å². The third-order valence-electron chi connectivity index (χ3n) is 3.93. The van der Waals surface area contributed by atoms with E-state index in [1.54, 1.807) is 0 Å². The largest absolute Gasteiger partial charge is 0.378 e. The van der Waals surface area contributed by atoms with E-state index in [-0.39, 0.29) is 0 Å². The van der Waals surface area contributed by atoms with Gasteiger partial charge in [-0.25, -0.2) is 0 Å². The van der Waals surface area contributed by atoms with Crippen LogP contribution in [0.25, 0.3) is 0 Å². The highest BCUT2D eigenvalue weighted by Gasteiger charge is 2.24. The highest BCUT2D eigenvalue weighted by atomic mass is 16.5. The lowest BCUT2D eigenvalue weighted by Crippen LogP contribution is -2.33. The van der Waals surface area contributed by atoms with E-state index in [1.807, 2.05) is 0 Å². The Morgan fingerprint density at radius 1 is 1.11 bits per heavy atom. The maximum atomic E-state index is 6.03. The van der Waals surface area contributed by atoms with Gasteiger partial charge in [0.15, 0.2) is 0 Å². The minimum atomic E-state index is 0.416. The molecule has 2 heteroatoms. The molecule has 1 saturated carbocycles. The maximum Gasteiger partial charge on any atom is 0.0615 e. The van der Waals surface area contributed by atoms with Crippen LogP contribution >= 0.6 is 0 Å². The van der Waals surface area contributed by atoms with Gasteiger partial charge in [0.1, 0.15) is 0 Å². The molecular weight excluding hydrogens is 222 g/mol. The van der Waals surface area contributed by atoms with Crippen LogP contribution in [0.5, 0.6) is 0 Å². The average Bonchev–Trinajstić information content (AvgIpc) is 2.45. The topological polar surface area (TPSA) is 35.2 Å². The van der Waals surface area contributed by atoms with E-state index in [2.05, 4.69) is 30.3 Å². The molecule has 0 aliphatic heterocycles. The molecule has 1 aliphatic carbocycles. The lowest BCUT2D eigenvalue weighted by atomic mass is 9.86. The number of hydrogen-bond donors (Lipinski definition) is 1. The van der Waals surface area contributed by atoms with Gasteiger partial charge in [-0.05, 0) is 43.7 Å². The maximum absolute atomic E-state index is 6.03. The summed E-state index contributed by atoms with van der Waals surface area (Å²) in [7, 11) is 0. The van der Waals surface area contributed by atoms with Gasteiger partial charge in [-0.3, -0.25) is 0 Å². The van der Waals surface area contributed by atoms with E-state index in [0.717, 1.165) is 26.0 Å². The fraction of sp³-hybridized carbons (Fsp3) is 0.625. The Balaban J connectivity index is 1.65. The molecule has 2 unspecified atom stereocenters. The number of benzene rings is 1. The molecule has 1 aromatic carbocycles. The molecule has 0 heterocycles. The molecule has 1 fully saturated rings. The van der Waals surface area contributed by atoms with Gasteiger partial charge in [0.05, 0.1) is 6.10 Å².